The van der Waals surface area contributed by atoms with Gasteiger partial charge < -0.3 is 0 Å². The maximum absolute atomic E-state index is 12.0. The van der Waals surface area contributed by atoms with Crippen molar-refractivity contribution in [3.05, 3.63) is 76.2 Å². The van der Waals surface area contributed by atoms with Crippen LogP contribution >= 0.6 is 11.3 Å². The van der Waals surface area contributed by atoms with Gasteiger partial charge in [0.05, 0.1) is 10.7 Å². The van der Waals surface area contributed by atoms with Crippen molar-refractivity contribution in [3.63, 3.8) is 0 Å². The van der Waals surface area contributed by atoms with Crippen molar-refractivity contribution in [1.82, 2.24) is 14.7 Å². The molecule has 0 saturated carbocycles. The Morgan fingerprint density at radius 1 is 1.08 bits per heavy atom. The number of pyridine rings is 1. The average Bonchev–Trinajstić information content (AvgIpc) is 3.14. The summed E-state index contributed by atoms with van der Waals surface area (Å²) in [4.78, 5) is 8.59. The zero-order valence-corrected chi connectivity index (χ0v) is 15.7. The quantitative estimate of drug-likeness (QED) is 0.600. The van der Waals surface area contributed by atoms with Gasteiger partial charge in [0, 0.05) is 41.7 Å². The van der Waals surface area contributed by atoms with E-state index in [0.29, 0.717) is 13.0 Å². The highest BCUT2D eigenvalue weighted by molar-refractivity contribution is 7.92. The maximum Gasteiger partial charge on any atom is 0.233 e. The molecule has 0 fully saturated rings. The second kappa shape index (κ2) is 8.84. The van der Waals surface area contributed by atoms with Crippen LogP contribution in [0, 0.1) is 0 Å². The number of thiazole rings is 1. The predicted octanol–water partition coefficient (Wildman–Crippen LogP) is 3.73. The standard InChI is InChI=1S/C19H19N3O2S2/c23-26(24,14-10-16-5-2-1-3-6-16)21-11-4-7-19-22-18(15-25-19)17-8-12-20-13-9-17/h1-3,5-6,8-10,12-15,21H,4,7,11H2. The number of nitrogens with one attached hydrogen (secondary N) is 1. The number of sulfonamides is 1. The van der Waals surface area contributed by atoms with Crippen molar-refractivity contribution in [2.75, 3.05) is 6.54 Å². The summed E-state index contributed by atoms with van der Waals surface area (Å²) in [6, 6.07) is 13.2. The SMILES string of the molecule is O=S(=O)(C=Cc1ccccc1)NCCCc1nc(-c2ccncc2)cs1. The minimum atomic E-state index is -3.43. The zero-order valence-electron chi connectivity index (χ0n) is 14.1. The average molecular weight is 386 g/mol. The molecule has 0 aliphatic rings. The molecule has 0 amide bonds. The summed E-state index contributed by atoms with van der Waals surface area (Å²) in [6.07, 6.45) is 6.50. The molecule has 0 spiro atoms. The molecule has 134 valence electrons. The first kappa shape index (κ1) is 18.4. The number of nitrogens with zero attached hydrogens (tertiary/aromatic N) is 2. The summed E-state index contributed by atoms with van der Waals surface area (Å²) < 4.78 is 26.6. The van der Waals surface area contributed by atoms with E-state index < -0.39 is 10.0 Å². The second-order valence-electron chi connectivity index (χ2n) is 5.62. The van der Waals surface area contributed by atoms with E-state index in [4.69, 9.17) is 0 Å². The molecule has 2 heterocycles. The van der Waals surface area contributed by atoms with E-state index in [1.54, 1.807) is 29.8 Å². The van der Waals surface area contributed by atoms with Gasteiger partial charge in [-0.15, -0.1) is 11.3 Å². The fraction of sp³-hybridized carbons (Fsp3) is 0.158. The Kier molecular flexibility index (Phi) is 6.27. The van der Waals surface area contributed by atoms with Crippen LogP contribution in [0.3, 0.4) is 0 Å². The van der Waals surface area contributed by atoms with Crippen molar-refractivity contribution in [1.29, 1.82) is 0 Å². The Morgan fingerprint density at radius 3 is 2.62 bits per heavy atom. The van der Waals surface area contributed by atoms with Crippen LogP contribution in [0.1, 0.15) is 17.0 Å². The van der Waals surface area contributed by atoms with Gasteiger partial charge in [0.2, 0.25) is 10.0 Å². The molecular formula is C19H19N3O2S2. The van der Waals surface area contributed by atoms with E-state index in [0.717, 1.165) is 28.2 Å². The Bertz CT molecular complexity index is 953. The highest BCUT2D eigenvalue weighted by Crippen LogP contribution is 2.21. The first-order valence-corrected chi connectivity index (χ1v) is 10.6. The number of rotatable bonds is 8. The van der Waals surface area contributed by atoms with E-state index in [1.807, 2.05) is 47.8 Å². The molecule has 26 heavy (non-hydrogen) atoms. The second-order valence-corrected chi connectivity index (χ2v) is 8.21. The zero-order chi connectivity index (χ0) is 18.2. The van der Waals surface area contributed by atoms with Crippen molar-refractivity contribution < 1.29 is 8.42 Å². The highest BCUT2D eigenvalue weighted by atomic mass is 32.2. The van der Waals surface area contributed by atoms with Gasteiger partial charge in [-0.2, -0.15) is 0 Å². The molecule has 0 aliphatic heterocycles. The fourth-order valence-corrected chi connectivity index (χ4v) is 4.03. The summed E-state index contributed by atoms with van der Waals surface area (Å²) >= 11 is 1.59. The van der Waals surface area contributed by atoms with Gasteiger partial charge in [-0.3, -0.25) is 4.98 Å². The number of benzene rings is 1. The molecular weight excluding hydrogens is 366 g/mol. The van der Waals surface area contributed by atoms with Crippen molar-refractivity contribution >= 4 is 27.4 Å². The summed E-state index contributed by atoms with van der Waals surface area (Å²) in [5.41, 5.74) is 2.82. The monoisotopic (exact) mass is 385 g/mol. The predicted molar refractivity (Wildman–Crippen MR) is 106 cm³/mol. The van der Waals surface area contributed by atoms with Crippen molar-refractivity contribution in [2.45, 2.75) is 12.8 Å². The van der Waals surface area contributed by atoms with E-state index in [9.17, 15) is 8.42 Å². The molecule has 3 rings (SSSR count). The highest BCUT2D eigenvalue weighted by Gasteiger charge is 2.07. The third-order valence-corrected chi connectivity index (χ3v) is 5.65. The molecule has 0 radical (unpaired) electrons. The molecule has 1 N–H and O–H groups in total. The van der Waals surface area contributed by atoms with Gasteiger partial charge >= 0.3 is 0 Å². The molecule has 0 saturated heterocycles. The number of hydrogen-bond donors (Lipinski definition) is 1. The summed E-state index contributed by atoms with van der Waals surface area (Å²) in [7, 11) is -3.43. The van der Waals surface area contributed by atoms with Crippen LogP contribution in [0.2, 0.25) is 0 Å². The third-order valence-electron chi connectivity index (χ3n) is 3.64. The molecule has 0 aliphatic carbocycles. The molecule has 0 atom stereocenters. The molecule has 2 aromatic heterocycles. The van der Waals surface area contributed by atoms with Crippen molar-refractivity contribution in [3.8, 4) is 11.3 Å². The van der Waals surface area contributed by atoms with Gasteiger partial charge in [0.1, 0.15) is 0 Å². The first-order valence-electron chi connectivity index (χ1n) is 8.20. The number of hydrogen-bond acceptors (Lipinski definition) is 5. The molecule has 0 bridgehead atoms. The van der Waals surface area contributed by atoms with Crippen molar-refractivity contribution in [2.24, 2.45) is 0 Å². The first-order chi connectivity index (χ1) is 12.6. The Morgan fingerprint density at radius 2 is 1.85 bits per heavy atom. The molecule has 3 aromatic rings. The molecule has 0 unspecified atom stereocenters. The van der Waals surface area contributed by atoms with Crippen LogP contribution in [0.4, 0.5) is 0 Å². The normalized spacial score (nSPS) is 11.8. The summed E-state index contributed by atoms with van der Waals surface area (Å²) in [5, 5.41) is 4.21. The summed E-state index contributed by atoms with van der Waals surface area (Å²) in [5.74, 6) is 0. The lowest BCUT2D eigenvalue weighted by Gasteiger charge is -2.02. The van der Waals surface area contributed by atoms with Crippen LogP contribution in [0.15, 0.2) is 65.6 Å². The molecule has 7 heteroatoms. The lowest BCUT2D eigenvalue weighted by Crippen LogP contribution is -2.22. The van der Waals surface area contributed by atoms with Crippen LogP contribution in [-0.4, -0.2) is 24.9 Å². The topological polar surface area (TPSA) is 72.0 Å². The van der Waals surface area contributed by atoms with Crippen LogP contribution in [0.5, 0.6) is 0 Å². The van der Waals surface area contributed by atoms with E-state index in [-0.39, 0.29) is 0 Å². The van der Waals surface area contributed by atoms with Gasteiger partial charge in [0.15, 0.2) is 0 Å². The largest absolute Gasteiger partial charge is 0.265 e. The Balaban J connectivity index is 1.47. The lowest BCUT2D eigenvalue weighted by molar-refractivity contribution is 0.588. The summed E-state index contributed by atoms with van der Waals surface area (Å²) in [6.45, 7) is 0.381. The Labute approximate surface area is 157 Å². The van der Waals surface area contributed by atoms with E-state index in [1.165, 1.54) is 5.41 Å². The van der Waals surface area contributed by atoms with E-state index in [2.05, 4.69) is 14.7 Å². The lowest BCUT2D eigenvalue weighted by atomic mass is 10.2. The van der Waals surface area contributed by atoms with Gasteiger partial charge in [0.25, 0.3) is 0 Å². The van der Waals surface area contributed by atoms with Crippen LogP contribution in [0.25, 0.3) is 17.3 Å². The fourth-order valence-electron chi connectivity index (χ4n) is 2.32. The molecule has 5 nitrogen and oxygen atoms in total. The van der Waals surface area contributed by atoms with Gasteiger partial charge in [-0.1, -0.05) is 30.3 Å². The number of aryl methyl sites for hydroxylation is 1. The van der Waals surface area contributed by atoms with Crippen LogP contribution < -0.4 is 4.72 Å². The van der Waals surface area contributed by atoms with Gasteiger partial charge in [-0.05, 0) is 30.2 Å². The smallest absolute Gasteiger partial charge is 0.233 e. The Hall–Kier alpha value is -2.35. The molecule has 1 aromatic carbocycles. The van der Waals surface area contributed by atoms with Crippen LogP contribution in [-0.2, 0) is 16.4 Å². The number of aromatic nitrogens is 2. The van der Waals surface area contributed by atoms with E-state index >= 15 is 0 Å². The maximum atomic E-state index is 12.0. The minimum absolute atomic E-state index is 0.381. The van der Waals surface area contributed by atoms with Gasteiger partial charge in [-0.25, -0.2) is 18.1 Å². The third kappa shape index (κ3) is 5.59. The minimum Gasteiger partial charge on any atom is -0.265 e.